The van der Waals surface area contributed by atoms with Crippen molar-refractivity contribution >= 4 is 51.0 Å². The first kappa shape index (κ1) is 19.9. The number of fused-ring (bicyclic) bond motifs is 1. The second-order valence-electron chi connectivity index (χ2n) is 6.77. The molecule has 2 aromatic heterocycles. The number of carbonyl (C=O) groups excluding carboxylic acids is 1. The maximum atomic E-state index is 12.6. The van der Waals surface area contributed by atoms with Gasteiger partial charge >= 0.3 is 0 Å². The number of para-hydroxylation sites is 1. The van der Waals surface area contributed by atoms with Gasteiger partial charge < -0.3 is 4.57 Å². The normalized spacial score (nSPS) is 11.4. The summed E-state index contributed by atoms with van der Waals surface area (Å²) in [5.41, 5.74) is 2.95. The third kappa shape index (κ3) is 4.28. The second-order valence-corrected chi connectivity index (χ2v) is 8.33. The monoisotopic (exact) mass is 432 g/mol. The molecule has 1 N–H and O–H groups in total. The van der Waals surface area contributed by atoms with Crippen molar-refractivity contribution in [2.24, 2.45) is 7.05 Å². The zero-order valence-corrected chi connectivity index (χ0v) is 17.7. The number of nitriles is 1. The predicted octanol–water partition coefficient (Wildman–Crippen LogP) is 5.42. The van der Waals surface area contributed by atoms with Crippen molar-refractivity contribution in [1.82, 2.24) is 9.55 Å². The molecule has 0 saturated heterocycles. The summed E-state index contributed by atoms with van der Waals surface area (Å²) in [7, 11) is 1.93. The van der Waals surface area contributed by atoms with Gasteiger partial charge in [-0.05, 0) is 29.8 Å². The molecule has 0 aliphatic heterocycles. The Bertz CT molecular complexity index is 1310. The highest BCUT2D eigenvalue weighted by Crippen LogP contribution is 2.25. The maximum Gasteiger partial charge on any atom is 0.268 e. The summed E-state index contributed by atoms with van der Waals surface area (Å²) in [4.78, 5) is 17.9. The van der Waals surface area contributed by atoms with Crippen molar-refractivity contribution < 1.29 is 4.79 Å². The summed E-state index contributed by atoms with van der Waals surface area (Å²) in [6.45, 7) is 0. The quantitative estimate of drug-likeness (QED) is 0.338. The van der Waals surface area contributed by atoms with Crippen LogP contribution in [0.1, 0.15) is 16.0 Å². The van der Waals surface area contributed by atoms with Crippen molar-refractivity contribution in [3.8, 4) is 6.07 Å². The molecule has 0 aliphatic rings. The lowest BCUT2D eigenvalue weighted by Gasteiger charge is -2.00. The van der Waals surface area contributed by atoms with Crippen LogP contribution in [-0.2, 0) is 18.3 Å². The number of rotatable bonds is 5. The number of nitrogens with one attached hydrogen (secondary N) is 1. The molecule has 4 aromatic rings. The minimum absolute atomic E-state index is 0.0259. The zero-order chi connectivity index (χ0) is 21.1. The van der Waals surface area contributed by atoms with Gasteiger partial charge in [0.1, 0.15) is 11.6 Å². The maximum absolute atomic E-state index is 12.6. The van der Waals surface area contributed by atoms with Crippen molar-refractivity contribution in [3.63, 3.8) is 0 Å². The van der Waals surface area contributed by atoms with E-state index in [0.29, 0.717) is 16.6 Å². The van der Waals surface area contributed by atoms with Crippen LogP contribution >= 0.6 is 22.9 Å². The molecule has 148 valence electrons. The number of hydrogen-bond acceptors (Lipinski definition) is 4. The molecule has 5 nitrogen and oxygen atoms in total. The first-order valence-corrected chi connectivity index (χ1v) is 10.4. The van der Waals surface area contributed by atoms with Crippen molar-refractivity contribution in [2.45, 2.75) is 6.42 Å². The Morgan fingerprint density at radius 3 is 2.93 bits per heavy atom. The van der Waals surface area contributed by atoms with E-state index >= 15 is 0 Å². The molecule has 0 bridgehead atoms. The smallest absolute Gasteiger partial charge is 0.268 e. The van der Waals surface area contributed by atoms with E-state index in [-0.39, 0.29) is 5.57 Å². The van der Waals surface area contributed by atoms with Crippen LogP contribution in [0.4, 0.5) is 5.13 Å². The van der Waals surface area contributed by atoms with Gasteiger partial charge in [-0.3, -0.25) is 10.1 Å². The summed E-state index contributed by atoms with van der Waals surface area (Å²) in [5, 5.41) is 14.4. The Balaban J connectivity index is 1.52. The van der Waals surface area contributed by atoms with E-state index in [1.165, 1.54) is 11.3 Å². The van der Waals surface area contributed by atoms with Gasteiger partial charge in [0.25, 0.3) is 5.91 Å². The van der Waals surface area contributed by atoms with Gasteiger partial charge in [0.15, 0.2) is 5.13 Å². The Hall–Kier alpha value is -3.40. The fourth-order valence-electron chi connectivity index (χ4n) is 3.25. The van der Waals surface area contributed by atoms with Gasteiger partial charge in [0.2, 0.25) is 0 Å². The molecule has 0 aliphatic carbocycles. The molecule has 0 radical (unpaired) electrons. The third-order valence-electron chi connectivity index (χ3n) is 4.63. The van der Waals surface area contributed by atoms with Gasteiger partial charge in [-0.1, -0.05) is 41.9 Å². The van der Waals surface area contributed by atoms with Crippen molar-refractivity contribution in [2.75, 3.05) is 5.32 Å². The van der Waals surface area contributed by atoms with Crippen LogP contribution in [0.15, 0.2) is 66.5 Å². The average molecular weight is 433 g/mol. The van der Waals surface area contributed by atoms with E-state index in [9.17, 15) is 10.1 Å². The number of hydrogen-bond donors (Lipinski definition) is 1. The highest BCUT2D eigenvalue weighted by Gasteiger charge is 2.14. The zero-order valence-electron chi connectivity index (χ0n) is 16.1. The van der Waals surface area contributed by atoms with Gasteiger partial charge in [-0.25, -0.2) is 4.98 Å². The fraction of sp³-hybridized carbons (Fsp3) is 0.0870. The molecule has 2 aromatic carbocycles. The molecule has 0 atom stereocenters. The number of nitrogens with zero attached hydrogens (tertiary/aromatic N) is 3. The SMILES string of the molecule is Cn1cc(/C=C(\C#N)C(=O)Nc2ncc(Cc3cccc(Cl)c3)s2)c2ccccc21. The van der Waals surface area contributed by atoms with E-state index < -0.39 is 5.91 Å². The first-order valence-electron chi connectivity index (χ1n) is 9.20. The minimum atomic E-state index is -0.478. The Morgan fingerprint density at radius 2 is 2.13 bits per heavy atom. The molecule has 0 fully saturated rings. The molecule has 4 rings (SSSR count). The van der Waals surface area contributed by atoms with Gasteiger partial charge in [-0.15, -0.1) is 11.3 Å². The van der Waals surface area contributed by atoms with Gasteiger partial charge in [-0.2, -0.15) is 5.26 Å². The van der Waals surface area contributed by atoms with E-state index in [1.54, 1.807) is 12.3 Å². The van der Waals surface area contributed by atoms with Crippen LogP contribution < -0.4 is 5.32 Å². The topological polar surface area (TPSA) is 70.7 Å². The van der Waals surface area contributed by atoms with E-state index in [1.807, 2.05) is 72.4 Å². The number of carbonyl (C=O) groups is 1. The van der Waals surface area contributed by atoms with Crippen LogP contribution in [0.2, 0.25) is 5.02 Å². The van der Waals surface area contributed by atoms with Crippen LogP contribution in [0.5, 0.6) is 0 Å². The lowest BCUT2D eigenvalue weighted by molar-refractivity contribution is -0.112. The molecule has 7 heteroatoms. The summed E-state index contributed by atoms with van der Waals surface area (Å²) >= 11 is 7.41. The number of amides is 1. The molecular weight excluding hydrogens is 416 g/mol. The van der Waals surface area contributed by atoms with Crippen LogP contribution in [0.25, 0.3) is 17.0 Å². The average Bonchev–Trinajstić information content (AvgIpc) is 3.30. The third-order valence-corrected chi connectivity index (χ3v) is 5.78. The lowest BCUT2D eigenvalue weighted by Crippen LogP contribution is -2.13. The fourth-order valence-corrected chi connectivity index (χ4v) is 4.31. The summed E-state index contributed by atoms with van der Waals surface area (Å²) in [6, 6.07) is 17.5. The van der Waals surface area contributed by atoms with Crippen LogP contribution in [0, 0.1) is 11.3 Å². The molecule has 30 heavy (non-hydrogen) atoms. The molecule has 0 saturated carbocycles. The highest BCUT2D eigenvalue weighted by atomic mass is 35.5. The first-order chi connectivity index (χ1) is 14.5. The Labute approximate surface area is 182 Å². The summed E-state index contributed by atoms with van der Waals surface area (Å²) in [6.07, 6.45) is 5.91. The molecule has 0 spiro atoms. The number of aryl methyl sites for hydroxylation is 1. The van der Waals surface area contributed by atoms with E-state index in [4.69, 9.17) is 11.6 Å². The Morgan fingerprint density at radius 1 is 1.30 bits per heavy atom. The highest BCUT2D eigenvalue weighted by molar-refractivity contribution is 7.15. The predicted molar refractivity (Wildman–Crippen MR) is 122 cm³/mol. The number of aromatic nitrogens is 2. The van der Waals surface area contributed by atoms with E-state index in [2.05, 4.69) is 10.3 Å². The standard InChI is InChI=1S/C23H17ClN4OS/c1-28-14-17(20-7-2-3-8-21(20)28)11-16(12-25)22(29)27-23-26-13-19(30-23)10-15-5-4-6-18(24)9-15/h2-9,11,13-14H,10H2,1H3,(H,26,27,29)/b16-11+. The van der Waals surface area contributed by atoms with E-state index in [0.717, 1.165) is 26.9 Å². The number of halogens is 1. The number of benzene rings is 2. The van der Waals surface area contributed by atoms with Gasteiger partial charge in [0, 0.05) is 52.2 Å². The Kier molecular flexibility index (Phi) is 5.66. The largest absolute Gasteiger partial charge is 0.350 e. The van der Waals surface area contributed by atoms with Crippen molar-refractivity contribution in [3.05, 3.63) is 87.5 Å². The molecular formula is C23H17ClN4OS. The lowest BCUT2D eigenvalue weighted by atomic mass is 10.1. The molecule has 0 unspecified atom stereocenters. The second kappa shape index (κ2) is 8.54. The summed E-state index contributed by atoms with van der Waals surface area (Å²) in [5.74, 6) is -0.478. The van der Waals surface area contributed by atoms with Gasteiger partial charge in [0.05, 0.1) is 0 Å². The summed E-state index contributed by atoms with van der Waals surface area (Å²) < 4.78 is 1.97. The van der Waals surface area contributed by atoms with Crippen molar-refractivity contribution in [1.29, 1.82) is 5.26 Å². The molecule has 2 heterocycles. The van der Waals surface area contributed by atoms with Crippen LogP contribution in [0.3, 0.4) is 0 Å². The number of thiazole rings is 1. The van der Waals surface area contributed by atoms with Crippen LogP contribution in [-0.4, -0.2) is 15.5 Å². The molecule has 1 amide bonds. The number of anilines is 1. The minimum Gasteiger partial charge on any atom is -0.350 e.